The lowest BCUT2D eigenvalue weighted by Crippen LogP contribution is -2.30. The fourth-order valence-electron chi connectivity index (χ4n) is 2.42. The average Bonchev–Trinajstić information content (AvgIpc) is 2.63. The number of aromatic nitrogens is 2. The number of anilines is 2. The fourth-order valence-corrected chi connectivity index (χ4v) is 3.88. The summed E-state index contributed by atoms with van der Waals surface area (Å²) in [5.74, 6) is -0.182. The third kappa shape index (κ3) is 4.49. The van der Waals surface area contributed by atoms with Gasteiger partial charge in [-0.2, -0.15) is 9.29 Å². The summed E-state index contributed by atoms with van der Waals surface area (Å²) in [5.41, 5.74) is 0.0527. The third-order valence-electron chi connectivity index (χ3n) is 3.71. The summed E-state index contributed by atoms with van der Waals surface area (Å²) < 4.78 is 31.5. The molecular formula is C16H21N5O5S. The summed E-state index contributed by atoms with van der Waals surface area (Å²) in [6, 6.07) is 5.91. The molecule has 0 aliphatic carbocycles. The topological polar surface area (TPSA) is 128 Å². The van der Waals surface area contributed by atoms with Crippen molar-refractivity contribution >= 4 is 27.2 Å². The van der Waals surface area contributed by atoms with Crippen LogP contribution in [0.2, 0.25) is 0 Å². The molecule has 0 fully saturated rings. The quantitative estimate of drug-likeness (QED) is 0.507. The second-order valence-electron chi connectivity index (χ2n) is 5.30. The number of ether oxygens (including phenoxy) is 1. The molecular weight excluding hydrogens is 374 g/mol. The molecule has 1 heterocycles. The number of nitrogens with one attached hydrogen (secondary N) is 1. The maximum atomic E-state index is 12.5. The van der Waals surface area contributed by atoms with Crippen LogP contribution in [0.5, 0.6) is 5.88 Å². The molecule has 0 aliphatic heterocycles. The van der Waals surface area contributed by atoms with Crippen molar-refractivity contribution < 1.29 is 18.1 Å². The molecule has 1 aromatic carbocycles. The number of nitro groups is 1. The number of benzene rings is 1. The largest absolute Gasteiger partial charge is 0.473 e. The van der Waals surface area contributed by atoms with Gasteiger partial charge in [0.25, 0.3) is 5.88 Å². The van der Waals surface area contributed by atoms with Crippen LogP contribution in [0.1, 0.15) is 20.8 Å². The highest BCUT2D eigenvalue weighted by atomic mass is 32.2. The van der Waals surface area contributed by atoms with Gasteiger partial charge in [0.15, 0.2) is 0 Å². The van der Waals surface area contributed by atoms with E-state index in [0.717, 1.165) is 6.33 Å². The van der Waals surface area contributed by atoms with Gasteiger partial charge >= 0.3 is 5.69 Å². The number of sulfonamides is 1. The summed E-state index contributed by atoms with van der Waals surface area (Å²) in [6.07, 6.45) is 1.15. The van der Waals surface area contributed by atoms with Crippen LogP contribution in [0, 0.1) is 10.1 Å². The number of rotatable bonds is 9. The zero-order chi connectivity index (χ0) is 20.0. The summed E-state index contributed by atoms with van der Waals surface area (Å²) >= 11 is 0. The van der Waals surface area contributed by atoms with Gasteiger partial charge in [0.2, 0.25) is 15.8 Å². The van der Waals surface area contributed by atoms with E-state index in [1.807, 2.05) is 0 Å². The molecule has 2 rings (SSSR count). The number of nitrogens with zero attached hydrogens (tertiary/aromatic N) is 4. The first kappa shape index (κ1) is 20.5. The van der Waals surface area contributed by atoms with Gasteiger partial charge in [-0.1, -0.05) is 13.8 Å². The molecule has 0 bridgehead atoms. The summed E-state index contributed by atoms with van der Waals surface area (Å²) in [7, 11) is -3.57. The molecule has 11 heteroatoms. The van der Waals surface area contributed by atoms with Gasteiger partial charge in [0.05, 0.1) is 16.4 Å². The molecule has 146 valence electrons. The van der Waals surface area contributed by atoms with Gasteiger partial charge in [-0.15, -0.1) is 0 Å². The van der Waals surface area contributed by atoms with Crippen molar-refractivity contribution in [3.63, 3.8) is 0 Å². The molecule has 0 atom stereocenters. The van der Waals surface area contributed by atoms with Crippen molar-refractivity contribution in [1.29, 1.82) is 0 Å². The monoisotopic (exact) mass is 395 g/mol. The average molecular weight is 395 g/mol. The number of hydrogen-bond donors (Lipinski definition) is 1. The molecule has 0 unspecified atom stereocenters. The molecule has 0 saturated heterocycles. The maximum Gasteiger partial charge on any atom is 0.373 e. The molecule has 1 N–H and O–H groups in total. The van der Waals surface area contributed by atoms with Crippen molar-refractivity contribution in [1.82, 2.24) is 14.3 Å². The Morgan fingerprint density at radius 3 is 2.30 bits per heavy atom. The third-order valence-corrected chi connectivity index (χ3v) is 5.78. The van der Waals surface area contributed by atoms with Crippen molar-refractivity contribution in [3.05, 3.63) is 40.7 Å². The summed E-state index contributed by atoms with van der Waals surface area (Å²) in [6.45, 7) is 6.17. The van der Waals surface area contributed by atoms with E-state index in [2.05, 4.69) is 15.3 Å². The zero-order valence-corrected chi connectivity index (χ0v) is 16.1. The van der Waals surface area contributed by atoms with Crippen LogP contribution in [0.25, 0.3) is 0 Å². The first-order valence-electron chi connectivity index (χ1n) is 8.34. The van der Waals surface area contributed by atoms with Crippen LogP contribution >= 0.6 is 0 Å². The summed E-state index contributed by atoms with van der Waals surface area (Å²) in [5, 5.41) is 14.2. The minimum Gasteiger partial charge on any atom is -0.473 e. The Bertz CT molecular complexity index is 898. The van der Waals surface area contributed by atoms with Crippen LogP contribution in [-0.2, 0) is 10.0 Å². The highest BCUT2D eigenvalue weighted by Gasteiger charge is 2.25. The predicted octanol–water partition coefficient (Wildman–Crippen LogP) is 2.56. The zero-order valence-electron chi connectivity index (χ0n) is 15.2. The van der Waals surface area contributed by atoms with Crippen molar-refractivity contribution in [2.45, 2.75) is 25.7 Å². The Hall–Kier alpha value is -2.79. The van der Waals surface area contributed by atoms with E-state index in [4.69, 9.17) is 4.74 Å². The van der Waals surface area contributed by atoms with Gasteiger partial charge in [0, 0.05) is 18.8 Å². The highest BCUT2D eigenvalue weighted by molar-refractivity contribution is 7.89. The van der Waals surface area contributed by atoms with Gasteiger partial charge in [-0.3, -0.25) is 10.1 Å². The van der Waals surface area contributed by atoms with Crippen LogP contribution in [-0.4, -0.2) is 47.3 Å². The Kier molecular flexibility index (Phi) is 6.64. The van der Waals surface area contributed by atoms with Gasteiger partial charge in [-0.05, 0) is 31.2 Å². The Labute approximate surface area is 157 Å². The van der Waals surface area contributed by atoms with Crippen molar-refractivity contribution in [3.8, 4) is 5.88 Å². The molecule has 27 heavy (non-hydrogen) atoms. The minimum absolute atomic E-state index is 0.0437. The van der Waals surface area contributed by atoms with Gasteiger partial charge in [-0.25, -0.2) is 13.4 Å². The normalized spacial score (nSPS) is 11.4. The van der Waals surface area contributed by atoms with Crippen molar-refractivity contribution in [2.75, 3.05) is 25.0 Å². The lowest BCUT2D eigenvalue weighted by molar-refractivity contribution is -0.385. The highest BCUT2D eigenvalue weighted by Crippen LogP contribution is 2.33. The molecule has 1 aromatic heterocycles. The molecule has 0 spiro atoms. The Morgan fingerprint density at radius 2 is 1.78 bits per heavy atom. The Balaban J connectivity index is 2.33. The molecule has 0 radical (unpaired) electrons. The van der Waals surface area contributed by atoms with E-state index >= 15 is 0 Å². The van der Waals surface area contributed by atoms with E-state index in [9.17, 15) is 18.5 Å². The lowest BCUT2D eigenvalue weighted by atomic mass is 10.3. The summed E-state index contributed by atoms with van der Waals surface area (Å²) in [4.78, 5) is 18.5. The fraction of sp³-hybridized carbons (Fsp3) is 0.375. The van der Waals surface area contributed by atoms with Crippen LogP contribution in [0.15, 0.2) is 35.5 Å². The Morgan fingerprint density at radius 1 is 1.15 bits per heavy atom. The smallest absolute Gasteiger partial charge is 0.373 e. The standard InChI is InChI=1S/C16H21N5O5S/c1-4-20(5-2)27(24,25)13-9-7-12(8-10-13)19-15-14(21(22)23)16(26-6-3)18-11-17-15/h7-11H,4-6H2,1-3H3,(H,17,18,19). The predicted molar refractivity (Wildman–Crippen MR) is 99.7 cm³/mol. The van der Waals surface area contributed by atoms with Crippen LogP contribution in [0.4, 0.5) is 17.2 Å². The first-order valence-corrected chi connectivity index (χ1v) is 9.78. The second-order valence-corrected chi connectivity index (χ2v) is 7.24. The van der Waals surface area contributed by atoms with Gasteiger partial charge < -0.3 is 10.1 Å². The second kappa shape index (κ2) is 8.73. The van der Waals surface area contributed by atoms with E-state index in [1.54, 1.807) is 20.8 Å². The minimum atomic E-state index is -3.57. The van der Waals surface area contributed by atoms with E-state index in [1.165, 1.54) is 28.6 Å². The molecule has 0 aliphatic rings. The van der Waals surface area contributed by atoms with Crippen LogP contribution in [0.3, 0.4) is 0 Å². The molecule has 0 saturated carbocycles. The SMILES string of the molecule is CCOc1ncnc(Nc2ccc(S(=O)(=O)N(CC)CC)cc2)c1[N+](=O)[O-]. The van der Waals surface area contributed by atoms with E-state index < -0.39 is 14.9 Å². The lowest BCUT2D eigenvalue weighted by Gasteiger charge is -2.18. The van der Waals surface area contributed by atoms with Crippen LogP contribution < -0.4 is 10.1 Å². The van der Waals surface area contributed by atoms with Gasteiger partial charge in [0.1, 0.15) is 6.33 Å². The first-order chi connectivity index (χ1) is 12.8. The van der Waals surface area contributed by atoms with Crippen molar-refractivity contribution in [2.24, 2.45) is 0 Å². The number of hydrogen-bond acceptors (Lipinski definition) is 8. The molecule has 0 amide bonds. The molecule has 2 aromatic rings. The van der Waals surface area contributed by atoms with E-state index in [0.29, 0.717) is 18.8 Å². The van der Waals surface area contributed by atoms with E-state index in [-0.39, 0.29) is 28.9 Å². The maximum absolute atomic E-state index is 12.5. The molecule has 10 nitrogen and oxygen atoms in total.